The van der Waals surface area contributed by atoms with Gasteiger partial charge in [0, 0.05) is 25.3 Å². The molecule has 1 amide bonds. The number of aromatic nitrogens is 1. The van der Waals surface area contributed by atoms with Gasteiger partial charge in [0.1, 0.15) is 0 Å². The molecule has 31 heavy (non-hydrogen) atoms. The van der Waals surface area contributed by atoms with Gasteiger partial charge in [0.25, 0.3) is 11.6 Å². The molecule has 10 heteroatoms. The van der Waals surface area contributed by atoms with Gasteiger partial charge in [-0.3, -0.25) is 14.9 Å². The number of carbonyl (C=O) groups excluding carboxylic acids is 1. The number of fused-ring (bicyclic) bond motifs is 1. The van der Waals surface area contributed by atoms with Gasteiger partial charge in [-0.1, -0.05) is 17.4 Å². The molecule has 1 heterocycles. The van der Waals surface area contributed by atoms with Gasteiger partial charge in [-0.15, -0.1) is 0 Å². The van der Waals surface area contributed by atoms with Crippen molar-refractivity contribution < 1.29 is 23.9 Å². The smallest absolute Gasteiger partial charge is 0.270 e. The van der Waals surface area contributed by atoms with Crippen molar-refractivity contribution in [1.82, 2.24) is 4.57 Å². The molecule has 0 aliphatic heterocycles. The molecule has 0 fully saturated rings. The second-order valence-corrected chi connectivity index (χ2v) is 7.52. The van der Waals surface area contributed by atoms with Crippen molar-refractivity contribution in [3.63, 3.8) is 0 Å². The summed E-state index contributed by atoms with van der Waals surface area (Å²) in [4.78, 5) is 28.1. The molecule has 0 N–H and O–H groups in total. The van der Waals surface area contributed by atoms with Gasteiger partial charge in [-0.25, -0.2) is 0 Å². The van der Waals surface area contributed by atoms with Crippen LogP contribution in [0.25, 0.3) is 10.2 Å². The first-order valence-corrected chi connectivity index (χ1v) is 10.4. The van der Waals surface area contributed by atoms with Crippen molar-refractivity contribution in [2.75, 3.05) is 27.4 Å². The number of amides is 1. The minimum atomic E-state index is -0.442. The monoisotopic (exact) mass is 445 g/mol. The third-order valence-electron chi connectivity index (χ3n) is 4.56. The van der Waals surface area contributed by atoms with Crippen LogP contribution in [0.15, 0.2) is 41.4 Å². The molecular weight excluding hydrogens is 422 g/mol. The zero-order valence-electron chi connectivity index (χ0n) is 17.5. The van der Waals surface area contributed by atoms with Gasteiger partial charge < -0.3 is 18.8 Å². The molecule has 0 bridgehead atoms. The van der Waals surface area contributed by atoms with Gasteiger partial charge in [-0.2, -0.15) is 4.99 Å². The van der Waals surface area contributed by atoms with E-state index in [0.717, 1.165) is 11.1 Å². The molecule has 0 atom stereocenters. The third-order valence-corrected chi connectivity index (χ3v) is 5.61. The van der Waals surface area contributed by atoms with Gasteiger partial charge in [0.05, 0.1) is 42.4 Å². The molecule has 3 aromatic rings. The molecule has 0 unspecified atom stereocenters. The predicted molar refractivity (Wildman–Crippen MR) is 117 cm³/mol. The number of nitro benzene ring substituents is 1. The largest absolute Gasteiger partial charge is 0.493 e. The standard InChI is InChI=1S/C21H23N3O6S/c1-4-30-10-9-23-16-7-6-15(24(26)27)13-19(16)31-21(23)22-20(25)12-14-5-8-17(28-2)18(11-14)29-3/h5-8,11,13H,4,9-10,12H2,1-3H3. The minimum Gasteiger partial charge on any atom is -0.493 e. The lowest BCUT2D eigenvalue weighted by Crippen LogP contribution is -2.20. The zero-order valence-corrected chi connectivity index (χ0v) is 18.3. The van der Waals surface area contributed by atoms with Gasteiger partial charge >= 0.3 is 0 Å². The molecule has 3 rings (SSSR count). The van der Waals surface area contributed by atoms with E-state index < -0.39 is 4.92 Å². The summed E-state index contributed by atoms with van der Waals surface area (Å²) >= 11 is 1.24. The molecule has 9 nitrogen and oxygen atoms in total. The van der Waals surface area contributed by atoms with E-state index in [-0.39, 0.29) is 18.0 Å². The van der Waals surface area contributed by atoms with Crippen LogP contribution in [0.4, 0.5) is 5.69 Å². The normalized spacial score (nSPS) is 11.6. The number of rotatable bonds is 9. The van der Waals surface area contributed by atoms with E-state index in [4.69, 9.17) is 14.2 Å². The number of nitrogens with zero attached hydrogens (tertiary/aromatic N) is 3. The highest BCUT2D eigenvalue weighted by Gasteiger charge is 2.13. The summed E-state index contributed by atoms with van der Waals surface area (Å²) in [5.74, 6) is 0.780. The quantitative estimate of drug-likeness (QED) is 0.284. The van der Waals surface area contributed by atoms with E-state index in [1.807, 2.05) is 11.5 Å². The summed E-state index contributed by atoms with van der Waals surface area (Å²) in [6.07, 6.45) is 0.0835. The Morgan fingerprint density at radius 2 is 1.94 bits per heavy atom. The first-order valence-electron chi connectivity index (χ1n) is 9.60. The Morgan fingerprint density at radius 3 is 2.61 bits per heavy atom. The molecule has 0 aliphatic rings. The summed E-state index contributed by atoms with van der Waals surface area (Å²) in [5, 5.41) is 11.1. The number of thiazole rings is 1. The molecule has 164 valence electrons. The zero-order chi connectivity index (χ0) is 22.4. The molecule has 2 aromatic carbocycles. The van der Waals surface area contributed by atoms with Crippen molar-refractivity contribution in [2.24, 2.45) is 4.99 Å². The summed E-state index contributed by atoms with van der Waals surface area (Å²) in [6, 6.07) is 9.88. The van der Waals surface area contributed by atoms with Gasteiger partial charge in [-0.05, 0) is 30.7 Å². The number of ether oxygens (including phenoxy) is 3. The Balaban J connectivity index is 1.96. The minimum absolute atomic E-state index is 0.00564. The second-order valence-electron chi connectivity index (χ2n) is 6.51. The van der Waals surface area contributed by atoms with Gasteiger partial charge in [0.2, 0.25) is 0 Å². The van der Waals surface area contributed by atoms with Crippen molar-refractivity contribution in [3.05, 3.63) is 56.9 Å². The highest BCUT2D eigenvalue weighted by molar-refractivity contribution is 7.16. The Labute approximate surface area is 182 Å². The lowest BCUT2D eigenvalue weighted by Gasteiger charge is -2.08. The van der Waals surface area contributed by atoms with Crippen LogP contribution in [-0.2, 0) is 22.5 Å². The average molecular weight is 445 g/mol. The molecule has 0 aliphatic carbocycles. The van der Waals surface area contributed by atoms with E-state index >= 15 is 0 Å². The van der Waals surface area contributed by atoms with E-state index in [0.29, 0.717) is 40.8 Å². The molecular formula is C21H23N3O6S. The van der Waals surface area contributed by atoms with E-state index in [2.05, 4.69) is 4.99 Å². The fourth-order valence-corrected chi connectivity index (χ4v) is 4.19. The Kier molecular flexibility index (Phi) is 7.37. The van der Waals surface area contributed by atoms with E-state index in [9.17, 15) is 14.9 Å². The van der Waals surface area contributed by atoms with Crippen LogP contribution in [0.5, 0.6) is 11.5 Å². The molecule has 0 radical (unpaired) electrons. The molecule has 1 aromatic heterocycles. The maximum atomic E-state index is 12.7. The number of carbonyl (C=O) groups is 1. The second kappa shape index (κ2) is 10.2. The Morgan fingerprint density at radius 1 is 1.16 bits per heavy atom. The highest BCUT2D eigenvalue weighted by atomic mass is 32.1. The SMILES string of the molecule is CCOCCn1c(=NC(=O)Cc2ccc(OC)c(OC)c2)sc2cc([N+](=O)[O-])ccc21. The lowest BCUT2D eigenvalue weighted by molar-refractivity contribution is -0.384. The average Bonchev–Trinajstić information content (AvgIpc) is 3.09. The number of hydrogen-bond acceptors (Lipinski definition) is 7. The van der Waals surface area contributed by atoms with Crippen molar-refractivity contribution >= 4 is 33.1 Å². The first kappa shape index (κ1) is 22.4. The Hall–Kier alpha value is -3.24. The molecule has 0 saturated carbocycles. The topological polar surface area (TPSA) is 105 Å². The van der Waals surface area contributed by atoms with E-state index in [1.165, 1.54) is 30.6 Å². The van der Waals surface area contributed by atoms with Crippen LogP contribution >= 0.6 is 11.3 Å². The molecule has 0 spiro atoms. The first-order chi connectivity index (χ1) is 15.0. The maximum Gasteiger partial charge on any atom is 0.270 e. The van der Waals surface area contributed by atoms with Crippen LogP contribution in [0, 0.1) is 10.1 Å². The number of hydrogen-bond donors (Lipinski definition) is 0. The van der Waals surface area contributed by atoms with Crippen molar-refractivity contribution in [1.29, 1.82) is 0 Å². The summed E-state index contributed by atoms with van der Waals surface area (Å²) < 4.78 is 18.5. The van der Waals surface area contributed by atoms with E-state index in [1.54, 1.807) is 31.4 Å². The highest BCUT2D eigenvalue weighted by Crippen LogP contribution is 2.28. The van der Waals surface area contributed by atoms with Crippen LogP contribution in [0.1, 0.15) is 12.5 Å². The maximum absolute atomic E-state index is 12.7. The predicted octanol–water partition coefficient (Wildman–Crippen LogP) is 3.33. The van der Waals surface area contributed by atoms with Gasteiger partial charge in [0.15, 0.2) is 16.3 Å². The number of benzene rings is 2. The Bertz CT molecular complexity index is 1170. The fourth-order valence-electron chi connectivity index (χ4n) is 3.09. The summed E-state index contributed by atoms with van der Waals surface area (Å²) in [7, 11) is 3.08. The summed E-state index contributed by atoms with van der Waals surface area (Å²) in [5.41, 5.74) is 1.51. The number of non-ortho nitro benzene ring substituents is 1. The van der Waals surface area contributed by atoms with Crippen molar-refractivity contribution in [3.8, 4) is 11.5 Å². The van der Waals surface area contributed by atoms with Crippen LogP contribution < -0.4 is 14.3 Å². The van der Waals surface area contributed by atoms with Crippen LogP contribution in [0.3, 0.4) is 0 Å². The fraction of sp³-hybridized carbons (Fsp3) is 0.333. The summed E-state index contributed by atoms with van der Waals surface area (Å²) in [6.45, 7) is 3.39. The van der Waals surface area contributed by atoms with Crippen molar-refractivity contribution in [2.45, 2.75) is 19.9 Å². The molecule has 0 saturated heterocycles. The lowest BCUT2D eigenvalue weighted by atomic mass is 10.1. The van der Waals surface area contributed by atoms with Crippen LogP contribution in [-0.4, -0.2) is 42.8 Å². The third kappa shape index (κ3) is 5.28. The number of nitro groups is 1. The number of methoxy groups -OCH3 is 2. The van der Waals surface area contributed by atoms with Crippen LogP contribution in [0.2, 0.25) is 0 Å².